The summed E-state index contributed by atoms with van der Waals surface area (Å²) in [6.07, 6.45) is 1.90. The van der Waals surface area contributed by atoms with Crippen LogP contribution in [-0.2, 0) is 13.0 Å². The van der Waals surface area contributed by atoms with Crippen molar-refractivity contribution in [3.8, 4) is 0 Å². The fourth-order valence-electron chi connectivity index (χ4n) is 1.30. The van der Waals surface area contributed by atoms with Gasteiger partial charge >= 0.3 is 0 Å². The lowest BCUT2D eigenvalue weighted by atomic mass is 9.91. The molecule has 0 radical (unpaired) electrons. The summed E-state index contributed by atoms with van der Waals surface area (Å²) < 4.78 is 1.77. The molecule has 0 aromatic carbocycles. The van der Waals surface area contributed by atoms with Crippen molar-refractivity contribution in [2.75, 3.05) is 0 Å². The van der Waals surface area contributed by atoms with Gasteiger partial charge in [0.1, 0.15) is 5.69 Å². The maximum atomic E-state index is 6.15. The van der Waals surface area contributed by atoms with Crippen LogP contribution in [0.3, 0.4) is 0 Å². The number of nitrogens with zero attached hydrogens (tertiary/aromatic N) is 3. The SMILES string of the molecule is CCCn1nnc(CC(C)(C)C)c1Cl. The van der Waals surface area contributed by atoms with Gasteiger partial charge in [0.2, 0.25) is 0 Å². The minimum Gasteiger partial charge on any atom is -0.234 e. The zero-order chi connectivity index (χ0) is 10.8. The van der Waals surface area contributed by atoms with Crippen LogP contribution in [0.25, 0.3) is 0 Å². The molecular weight excluding hydrogens is 198 g/mol. The lowest BCUT2D eigenvalue weighted by Crippen LogP contribution is -2.10. The van der Waals surface area contributed by atoms with Crippen LogP contribution in [0, 0.1) is 5.41 Å². The van der Waals surface area contributed by atoms with Gasteiger partial charge in [-0.2, -0.15) is 0 Å². The average molecular weight is 216 g/mol. The summed E-state index contributed by atoms with van der Waals surface area (Å²) in [5.74, 6) is 0. The number of aryl methyl sites for hydroxylation is 1. The molecule has 0 spiro atoms. The standard InChI is InChI=1S/C10H18ClN3/c1-5-6-14-9(11)8(12-13-14)7-10(2,3)4/h5-7H2,1-4H3. The highest BCUT2D eigenvalue weighted by Gasteiger charge is 2.17. The average Bonchev–Trinajstić information content (AvgIpc) is 2.34. The molecule has 0 unspecified atom stereocenters. The minimum atomic E-state index is 0.205. The van der Waals surface area contributed by atoms with Crippen molar-refractivity contribution >= 4 is 11.6 Å². The predicted octanol–water partition coefficient (Wildman–Crippen LogP) is 2.93. The predicted molar refractivity (Wildman–Crippen MR) is 58.5 cm³/mol. The molecule has 1 aromatic rings. The van der Waals surface area contributed by atoms with Crippen LogP contribution in [0.5, 0.6) is 0 Å². The van der Waals surface area contributed by atoms with E-state index in [9.17, 15) is 0 Å². The largest absolute Gasteiger partial charge is 0.234 e. The Bertz CT molecular complexity index is 299. The highest BCUT2D eigenvalue weighted by molar-refractivity contribution is 6.30. The number of hydrogen-bond donors (Lipinski definition) is 0. The molecular formula is C10H18ClN3. The summed E-state index contributed by atoms with van der Waals surface area (Å²) in [6, 6.07) is 0. The van der Waals surface area contributed by atoms with E-state index in [1.165, 1.54) is 0 Å². The summed E-state index contributed by atoms with van der Waals surface area (Å²) in [7, 11) is 0. The first-order chi connectivity index (χ1) is 6.44. The maximum absolute atomic E-state index is 6.15. The van der Waals surface area contributed by atoms with Crippen LogP contribution in [0.2, 0.25) is 5.15 Å². The van der Waals surface area contributed by atoms with Gasteiger partial charge in [0.25, 0.3) is 0 Å². The van der Waals surface area contributed by atoms with Crippen LogP contribution in [0.15, 0.2) is 0 Å². The van der Waals surface area contributed by atoms with Crippen molar-refractivity contribution in [2.45, 2.75) is 47.1 Å². The van der Waals surface area contributed by atoms with Crippen molar-refractivity contribution in [1.29, 1.82) is 0 Å². The van der Waals surface area contributed by atoms with Gasteiger partial charge in [-0.05, 0) is 18.3 Å². The van der Waals surface area contributed by atoms with Gasteiger partial charge in [0.05, 0.1) is 0 Å². The molecule has 0 saturated heterocycles. The molecule has 0 bridgehead atoms. The third kappa shape index (κ3) is 2.98. The highest BCUT2D eigenvalue weighted by atomic mass is 35.5. The molecule has 4 heteroatoms. The molecule has 0 aliphatic rings. The smallest absolute Gasteiger partial charge is 0.150 e. The van der Waals surface area contributed by atoms with E-state index < -0.39 is 0 Å². The monoisotopic (exact) mass is 215 g/mol. The lowest BCUT2D eigenvalue weighted by molar-refractivity contribution is 0.406. The fraction of sp³-hybridized carbons (Fsp3) is 0.800. The Morgan fingerprint density at radius 2 is 2.00 bits per heavy atom. The van der Waals surface area contributed by atoms with Crippen LogP contribution in [-0.4, -0.2) is 15.0 Å². The van der Waals surface area contributed by atoms with Crippen molar-refractivity contribution < 1.29 is 0 Å². The Hall–Kier alpha value is -0.570. The molecule has 0 N–H and O–H groups in total. The Kier molecular flexibility index (Phi) is 3.53. The molecule has 0 amide bonds. The van der Waals surface area contributed by atoms with Crippen LogP contribution in [0.4, 0.5) is 0 Å². The molecule has 0 aliphatic carbocycles. The Labute approximate surface area is 90.4 Å². The highest BCUT2D eigenvalue weighted by Crippen LogP contribution is 2.23. The molecule has 1 rings (SSSR count). The molecule has 0 saturated carbocycles. The van der Waals surface area contributed by atoms with E-state index in [2.05, 4.69) is 38.0 Å². The normalized spacial score (nSPS) is 12.1. The Morgan fingerprint density at radius 1 is 1.36 bits per heavy atom. The van der Waals surface area contributed by atoms with E-state index in [0.717, 1.165) is 25.1 Å². The number of aromatic nitrogens is 3. The topological polar surface area (TPSA) is 30.7 Å². The van der Waals surface area contributed by atoms with Crippen molar-refractivity contribution in [1.82, 2.24) is 15.0 Å². The van der Waals surface area contributed by atoms with Gasteiger partial charge in [0, 0.05) is 6.54 Å². The van der Waals surface area contributed by atoms with Crippen molar-refractivity contribution in [3.05, 3.63) is 10.8 Å². The second-order valence-corrected chi connectivity index (χ2v) is 5.15. The Balaban J connectivity index is 2.79. The van der Waals surface area contributed by atoms with Gasteiger partial charge in [0.15, 0.2) is 5.15 Å². The zero-order valence-electron chi connectivity index (χ0n) is 9.34. The first kappa shape index (κ1) is 11.5. The molecule has 0 atom stereocenters. The quantitative estimate of drug-likeness (QED) is 0.776. The molecule has 0 aliphatic heterocycles. The minimum absolute atomic E-state index is 0.205. The molecule has 1 aromatic heterocycles. The van der Waals surface area contributed by atoms with Gasteiger partial charge in [-0.3, -0.25) is 0 Å². The first-order valence-electron chi connectivity index (χ1n) is 5.02. The Morgan fingerprint density at radius 3 is 2.50 bits per heavy atom. The third-order valence-corrected chi connectivity index (χ3v) is 2.28. The zero-order valence-corrected chi connectivity index (χ0v) is 10.1. The van der Waals surface area contributed by atoms with Gasteiger partial charge in [-0.25, -0.2) is 4.68 Å². The maximum Gasteiger partial charge on any atom is 0.150 e. The van der Waals surface area contributed by atoms with E-state index >= 15 is 0 Å². The van der Waals surface area contributed by atoms with E-state index in [-0.39, 0.29) is 5.41 Å². The second kappa shape index (κ2) is 4.30. The summed E-state index contributed by atoms with van der Waals surface area (Å²) >= 11 is 6.15. The summed E-state index contributed by atoms with van der Waals surface area (Å²) in [5, 5.41) is 8.82. The fourth-order valence-corrected chi connectivity index (χ4v) is 1.53. The van der Waals surface area contributed by atoms with Crippen LogP contribution < -0.4 is 0 Å². The van der Waals surface area contributed by atoms with Gasteiger partial charge < -0.3 is 0 Å². The van der Waals surface area contributed by atoms with Gasteiger partial charge in [-0.1, -0.05) is 44.5 Å². The number of hydrogen-bond acceptors (Lipinski definition) is 2. The van der Waals surface area contributed by atoms with E-state index in [4.69, 9.17) is 11.6 Å². The summed E-state index contributed by atoms with van der Waals surface area (Å²) in [4.78, 5) is 0. The summed E-state index contributed by atoms with van der Waals surface area (Å²) in [5.41, 5.74) is 1.11. The number of halogens is 1. The molecule has 1 heterocycles. The molecule has 3 nitrogen and oxygen atoms in total. The molecule has 14 heavy (non-hydrogen) atoms. The van der Waals surface area contributed by atoms with Crippen molar-refractivity contribution in [3.63, 3.8) is 0 Å². The van der Waals surface area contributed by atoms with Gasteiger partial charge in [-0.15, -0.1) is 5.10 Å². The van der Waals surface area contributed by atoms with E-state index in [0.29, 0.717) is 5.15 Å². The summed E-state index contributed by atoms with van der Waals surface area (Å²) in [6.45, 7) is 9.45. The number of rotatable bonds is 3. The van der Waals surface area contributed by atoms with E-state index in [1.807, 2.05) is 0 Å². The molecule has 80 valence electrons. The van der Waals surface area contributed by atoms with Crippen LogP contribution >= 0.6 is 11.6 Å². The lowest BCUT2D eigenvalue weighted by Gasteiger charge is -2.15. The third-order valence-electron chi connectivity index (χ3n) is 1.87. The van der Waals surface area contributed by atoms with E-state index in [1.54, 1.807) is 4.68 Å². The van der Waals surface area contributed by atoms with Crippen LogP contribution in [0.1, 0.15) is 39.8 Å². The molecule has 0 fully saturated rings. The van der Waals surface area contributed by atoms with Crippen molar-refractivity contribution in [2.24, 2.45) is 5.41 Å². The first-order valence-corrected chi connectivity index (χ1v) is 5.39. The second-order valence-electron chi connectivity index (χ2n) is 4.79.